The summed E-state index contributed by atoms with van der Waals surface area (Å²) in [6.45, 7) is 8.14. The quantitative estimate of drug-likeness (QED) is 0.0461. The van der Waals surface area contributed by atoms with Crippen molar-refractivity contribution in [3.05, 3.63) is 12.2 Å². The fraction of sp³-hybridized carbons (Fsp3) is 0.853. The van der Waals surface area contributed by atoms with Gasteiger partial charge in [0.15, 0.2) is 18.1 Å². The van der Waals surface area contributed by atoms with E-state index in [9.17, 15) is 29.7 Å². The summed E-state index contributed by atoms with van der Waals surface area (Å²) in [6.07, 6.45) is 24.6. The van der Waals surface area contributed by atoms with Crippen LogP contribution in [0.4, 0.5) is 0 Å². The molecular formula is C34H64NO6+. The van der Waals surface area contributed by atoms with E-state index in [4.69, 9.17) is 0 Å². The van der Waals surface area contributed by atoms with Crippen LogP contribution in [0.15, 0.2) is 12.2 Å². The average molecular weight is 583 g/mol. The summed E-state index contributed by atoms with van der Waals surface area (Å²) < 4.78 is -0.371. The van der Waals surface area contributed by atoms with Crippen LogP contribution in [-0.2, 0) is 14.4 Å². The fourth-order valence-corrected chi connectivity index (χ4v) is 6.44. The first-order chi connectivity index (χ1) is 19.7. The van der Waals surface area contributed by atoms with Crippen LogP contribution >= 0.6 is 0 Å². The molecule has 0 radical (unpaired) electrons. The summed E-state index contributed by atoms with van der Waals surface area (Å²) >= 11 is 0. The number of unbranched alkanes of at least 4 members (excludes halogenated alkanes) is 13. The molecule has 0 aliphatic rings. The second kappa shape index (κ2) is 24.7. The Morgan fingerprint density at radius 2 is 0.805 bits per heavy atom. The Hall–Kier alpha value is -1.89. The molecule has 3 unspecified atom stereocenters. The fourth-order valence-electron chi connectivity index (χ4n) is 6.44. The van der Waals surface area contributed by atoms with E-state index < -0.39 is 36.0 Å². The lowest BCUT2D eigenvalue weighted by Crippen LogP contribution is -2.72. The van der Waals surface area contributed by atoms with Crippen molar-refractivity contribution in [3.8, 4) is 0 Å². The van der Waals surface area contributed by atoms with Gasteiger partial charge in [-0.2, -0.15) is 0 Å². The van der Waals surface area contributed by atoms with Gasteiger partial charge in [0.05, 0.1) is 6.54 Å². The minimum Gasteiger partial charge on any atom is -0.477 e. The first-order valence-electron chi connectivity index (χ1n) is 16.9. The number of hydrogen-bond donors (Lipinski definition) is 3. The molecule has 0 aliphatic heterocycles. The van der Waals surface area contributed by atoms with Crippen LogP contribution in [0, 0.1) is 0 Å². The molecule has 7 nitrogen and oxygen atoms in total. The molecule has 0 aromatic heterocycles. The van der Waals surface area contributed by atoms with Gasteiger partial charge in [-0.3, -0.25) is 4.48 Å². The van der Waals surface area contributed by atoms with Crippen molar-refractivity contribution in [1.82, 2.24) is 0 Å². The minimum absolute atomic E-state index is 0.270. The van der Waals surface area contributed by atoms with Crippen molar-refractivity contribution in [1.29, 1.82) is 0 Å². The normalized spacial score (nSPS) is 15.4. The molecular weight excluding hydrogens is 518 g/mol. The van der Waals surface area contributed by atoms with Crippen LogP contribution in [0.1, 0.15) is 163 Å². The van der Waals surface area contributed by atoms with Crippen LogP contribution in [0.2, 0.25) is 0 Å². The standard InChI is InChI=1S/C34H63NO6/c1-5-9-10-11-12-13-14-15-16-17-18-19-20-21-22-23-24-28-35(29(25-6-2)32(36)37,30(26-7-3)33(38)39)31(27-8-4)34(40)41/h11-12,29-31H,5-10,13-28H2,1-4H3,(H2-,36,37,38,39,40,41)/p+1/b12-11+. The van der Waals surface area contributed by atoms with E-state index in [2.05, 4.69) is 19.1 Å². The zero-order valence-corrected chi connectivity index (χ0v) is 27.0. The third kappa shape index (κ3) is 15.2. The highest BCUT2D eigenvalue weighted by Gasteiger charge is 2.56. The van der Waals surface area contributed by atoms with Gasteiger partial charge in [-0.25, -0.2) is 14.4 Å². The van der Waals surface area contributed by atoms with Gasteiger partial charge in [0.2, 0.25) is 0 Å². The van der Waals surface area contributed by atoms with Gasteiger partial charge < -0.3 is 15.3 Å². The van der Waals surface area contributed by atoms with E-state index in [1.807, 2.05) is 20.8 Å². The third-order valence-electron chi connectivity index (χ3n) is 8.59. The van der Waals surface area contributed by atoms with Crippen molar-refractivity contribution in [2.45, 2.75) is 181 Å². The predicted octanol–water partition coefficient (Wildman–Crippen LogP) is 8.99. The number of carboxylic acid groups (broad SMARTS) is 3. The van der Waals surface area contributed by atoms with E-state index in [1.54, 1.807) is 0 Å². The highest BCUT2D eigenvalue weighted by Crippen LogP contribution is 2.34. The Morgan fingerprint density at radius 1 is 0.488 bits per heavy atom. The molecule has 3 N–H and O–H groups in total. The number of allylic oxidation sites excluding steroid dienone is 2. The minimum atomic E-state index is -1.08. The van der Waals surface area contributed by atoms with Crippen molar-refractivity contribution in [2.75, 3.05) is 6.54 Å². The molecule has 7 heteroatoms. The summed E-state index contributed by atoms with van der Waals surface area (Å²) in [6, 6.07) is -3.13. The molecule has 0 heterocycles. The van der Waals surface area contributed by atoms with Gasteiger partial charge in [0.25, 0.3) is 0 Å². The molecule has 0 saturated heterocycles. The molecule has 0 saturated carbocycles. The van der Waals surface area contributed by atoms with E-state index in [0.717, 1.165) is 19.3 Å². The SMILES string of the molecule is CCCC/C=C/CCCCCCCCCCCCC[N+](C(CCC)C(=O)O)(C(CCC)C(=O)O)C(CCC)C(=O)O. The van der Waals surface area contributed by atoms with Crippen molar-refractivity contribution in [2.24, 2.45) is 0 Å². The highest BCUT2D eigenvalue weighted by atomic mass is 16.4. The molecule has 0 bridgehead atoms. The monoisotopic (exact) mass is 582 g/mol. The smallest absolute Gasteiger partial charge is 0.362 e. The van der Waals surface area contributed by atoms with Crippen LogP contribution in [0.3, 0.4) is 0 Å². The number of nitrogens with zero attached hydrogens (tertiary/aromatic N) is 1. The van der Waals surface area contributed by atoms with Gasteiger partial charge in [-0.1, -0.05) is 104 Å². The average Bonchev–Trinajstić information content (AvgIpc) is 2.93. The maximum atomic E-state index is 12.6. The number of rotatable bonds is 29. The summed E-state index contributed by atoms with van der Waals surface area (Å²) in [4.78, 5) is 37.7. The van der Waals surface area contributed by atoms with Crippen molar-refractivity contribution >= 4 is 17.9 Å². The lowest BCUT2D eigenvalue weighted by molar-refractivity contribution is -0.973. The number of hydrogen-bond acceptors (Lipinski definition) is 3. The molecule has 0 spiro atoms. The molecule has 3 atom stereocenters. The van der Waals surface area contributed by atoms with Crippen LogP contribution in [0.25, 0.3) is 0 Å². The summed E-state index contributed by atoms with van der Waals surface area (Å²) in [5.41, 5.74) is 0. The van der Waals surface area contributed by atoms with Gasteiger partial charge in [0.1, 0.15) is 0 Å². The Balaban J connectivity index is 4.99. The first kappa shape index (κ1) is 39.1. The Kier molecular flexibility index (Phi) is 23.5. The Bertz CT molecular complexity index is 662. The zero-order valence-electron chi connectivity index (χ0n) is 27.0. The Morgan fingerprint density at radius 3 is 1.12 bits per heavy atom. The van der Waals surface area contributed by atoms with Crippen molar-refractivity contribution < 1.29 is 34.2 Å². The lowest BCUT2D eigenvalue weighted by Gasteiger charge is -2.50. The van der Waals surface area contributed by atoms with Gasteiger partial charge >= 0.3 is 17.9 Å². The molecule has 41 heavy (non-hydrogen) atoms. The molecule has 0 fully saturated rings. The molecule has 0 aromatic rings. The summed E-state index contributed by atoms with van der Waals surface area (Å²) in [7, 11) is 0. The molecule has 0 rings (SSSR count). The summed E-state index contributed by atoms with van der Waals surface area (Å²) in [5, 5.41) is 30.8. The van der Waals surface area contributed by atoms with E-state index in [-0.39, 0.29) is 30.3 Å². The number of quaternary nitrogens is 1. The van der Waals surface area contributed by atoms with Gasteiger partial charge in [-0.15, -0.1) is 0 Å². The third-order valence-corrected chi connectivity index (χ3v) is 8.59. The van der Waals surface area contributed by atoms with Gasteiger partial charge in [0, 0.05) is 19.3 Å². The largest absolute Gasteiger partial charge is 0.477 e. The number of carboxylic acids is 3. The van der Waals surface area contributed by atoms with E-state index in [0.29, 0.717) is 25.7 Å². The predicted molar refractivity (Wildman–Crippen MR) is 168 cm³/mol. The van der Waals surface area contributed by atoms with Crippen LogP contribution < -0.4 is 0 Å². The molecule has 0 aliphatic carbocycles. The highest BCUT2D eigenvalue weighted by molar-refractivity contribution is 5.78. The molecule has 0 aromatic carbocycles. The topological polar surface area (TPSA) is 112 Å². The number of carbonyl (C=O) groups is 3. The first-order valence-corrected chi connectivity index (χ1v) is 16.9. The second-order valence-electron chi connectivity index (χ2n) is 11.9. The molecule has 0 amide bonds. The molecule has 240 valence electrons. The van der Waals surface area contributed by atoms with Crippen LogP contribution in [0.5, 0.6) is 0 Å². The van der Waals surface area contributed by atoms with Crippen LogP contribution in [-0.4, -0.2) is 62.4 Å². The van der Waals surface area contributed by atoms with Crippen molar-refractivity contribution in [3.63, 3.8) is 0 Å². The Labute approximate surface area is 251 Å². The summed E-state index contributed by atoms with van der Waals surface area (Å²) in [5.74, 6) is -3.25. The van der Waals surface area contributed by atoms with Gasteiger partial charge in [-0.05, 0) is 51.4 Å². The lowest BCUT2D eigenvalue weighted by atomic mass is 9.91. The second-order valence-corrected chi connectivity index (χ2v) is 11.9. The van der Waals surface area contributed by atoms with E-state index in [1.165, 1.54) is 70.6 Å². The maximum Gasteiger partial charge on any atom is 0.362 e. The number of aliphatic carboxylic acids is 3. The van der Waals surface area contributed by atoms with E-state index >= 15 is 0 Å². The zero-order chi connectivity index (χ0) is 30.9. The maximum absolute atomic E-state index is 12.6.